The summed E-state index contributed by atoms with van der Waals surface area (Å²) in [6, 6.07) is 6.42. The van der Waals surface area contributed by atoms with Gasteiger partial charge in [0.1, 0.15) is 5.75 Å². The molecule has 0 aromatic heterocycles. The summed E-state index contributed by atoms with van der Waals surface area (Å²) < 4.78 is 11.0. The minimum Gasteiger partial charge on any atom is -0.489 e. The first-order valence-electron chi connectivity index (χ1n) is 7.34. The van der Waals surface area contributed by atoms with Crippen LogP contribution in [-0.4, -0.2) is 25.4 Å². The lowest BCUT2D eigenvalue weighted by Gasteiger charge is -2.29. The lowest BCUT2D eigenvalue weighted by atomic mass is 9.93. The van der Waals surface area contributed by atoms with Crippen LogP contribution in [0.4, 0.5) is 5.69 Å². The first kappa shape index (κ1) is 15.5. The van der Waals surface area contributed by atoms with Crippen LogP contribution in [0.1, 0.15) is 39.5 Å². The molecular formula is C16H24ClNO2. The van der Waals surface area contributed by atoms with Gasteiger partial charge in [-0.15, -0.1) is 0 Å². The van der Waals surface area contributed by atoms with Crippen molar-refractivity contribution in [3.63, 3.8) is 0 Å². The van der Waals surface area contributed by atoms with Crippen molar-refractivity contribution in [1.82, 2.24) is 0 Å². The van der Waals surface area contributed by atoms with Crippen molar-refractivity contribution in [2.45, 2.75) is 57.8 Å². The van der Waals surface area contributed by atoms with Gasteiger partial charge in [-0.2, -0.15) is 0 Å². The quantitative estimate of drug-likeness (QED) is 0.868. The fourth-order valence-electron chi connectivity index (χ4n) is 2.62. The first-order valence-corrected chi connectivity index (χ1v) is 7.72. The molecule has 0 amide bonds. The van der Waals surface area contributed by atoms with Crippen LogP contribution in [0.2, 0.25) is 5.02 Å². The summed E-state index contributed by atoms with van der Waals surface area (Å²) in [6.45, 7) is 3.99. The van der Waals surface area contributed by atoms with E-state index >= 15 is 0 Å². The van der Waals surface area contributed by atoms with Gasteiger partial charge >= 0.3 is 0 Å². The maximum atomic E-state index is 6.25. The van der Waals surface area contributed by atoms with Crippen molar-refractivity contribution in [1.29, 1.82) is 0 Å². The van der Waals surface area contributed by atoms with E-state index in [-0.39, 0.29) is 6.10 Å². The zero-order valence-electron chi connectivity index (χ0n) is 12.5. The number of anilines is 1. The molecule has 0 spiro atoms. The lowest BCUT2D eigenvalue weighted by Crippen LogP contribution is -2.29. The molecule has 0 bridgehead atoms. The van der Waals surface area contributed by atoms with Gasteiger partial charge < -0.3 is 14.8 Å². The summed E-state index contributed by atoms with van der Waals surface area (Å²) in [4.78, 5) is 0. The Kier molecular flexibility index (Phi) is 5.55. The van der Waals surface area contributed by atoms with Crippen molar-refractivity contribution in [2.75, 3.05) is 12.4 Å². The standard InChI is InChI=1S/C16H24ClNO2/c1-11(2)20-16-9-6-13(10-15(16)17)18-12-4-7-14(19-3)8-5-12/h6,9-12,14,18H,4-5,7-8H2,1-3H3. The largest absolute Gasteiger partial charge is 0.489 e. The molecule has 1 aromatic carbocycles. The van der Waals surface area contributed by atoms with Crippen molar-refractivity contribution in [3.05, 3.63) is 23.2 Å². The van der Waals surface area contributed by atoms with E-state index in [1.165, 1.54) is 0 Å². The molecule has 0 aliphatic heterocycles. The molecular weight excluding hydrogens is 274 g/mol. The molecule has 2 rings (SSSR count). The molecule has 1 aromatic rings. The summed E-state index contributed by atoms with van der Waals surface area (Å²) in [6.07, 6.45) is 5.09. The van der Waals surface area contributed by atoms with Crippen LogP contribution >= 0.6 is 11.6 Å². The molecule has 0 saturated heterocycles. The molecule has 1 saturated carbocycles. The van der Waals surface area contributed by atoms with E-state index in [1.807, 2.05) is 32.0 Å². The number of halogens is 1. The Hall–Kier alpha value is -0.930. The van der Waals surface area contributed by atoms with Gasteiger partial charge in [-0.25, -0.2) is 0 Å². The molecule has 0 unspecified atom stereocenters. The summed E-state index contributed by atoms with van der Waals surface area (Å²) in [7, 11) is 1.80. The van der Waals surface area contributed by atoms with Crippen molar-refractivity contribution < 1.29 is 9.47 Å². The average Bonchev–Trinajstić information content (AvgIpc) is 2.42. The molecule has 0 atom stereocenters. The third-order valence-corrected chi connectivity index (χ3v) is 3.97. The predicted molar refractivity (Wildman–Crippen MR) is 83.9 cm³/mol. The normalized spacial score (nSPS) is 22.9. The number of hydrogen-bond acceptors (Lipinski definition) is 3. The molecule has 1 aliphatic rings. The van der Waals surface area contributed by atoms with Gasteiger partial charge in [-0.1, -0.05) is 11.6 Å². The van der Waals surface area contributed by atoms with E-state index in [4.69, 9.17) is 21.1 Å². The Bertz CT molecular complexity index is 428. The monoisotopic (exact) mass is 297 g/mol. The first-order chi connectivity index (χ1) is 9.58. The Morgan fingerprint density at radius 1 is 1.20 bits per heavy atom. The molecule has 0 radical (unpaired) electrons. The lowest BCUT2D eigenvalue weighted by molar-refractivity contribution is 0.0682. The van der Waals surface area contributed by atoms with Gasteiger partial charge in [0.2, 0.25) is 0 Å². The maximum absolute atomic E-state index is 6.25. The molecule has 0 heterocycles. The van der Waals surface area contributed by atoms with Crippen molar-refractivity contribution >= 4 is 17.3 Å². The highest BCUT2D eigenvalue weighted by Gasteiger charge is 2.20. The second kappa shape index (κ2) is 7.19. The highest BCUT2D eigenvalue weighted by Crippen LogP contribution is 2.30. The number of ether oxygens (including phenoxy) is 2. The van der Waals surface area contributed by atoms with E-state index in [1.54, 1.807) is 7.11 Å². The van der Waals surface area contributed by atoms with Gasteiger partial charge in [0.05, 0.1) is 17.2 Å². The molecule has 20 heavy (non-hydrogen) atoms. The van der Waals surface area contributed by atoms with Crippen LogP contribution in [0.25, 0.3) is 0 Å². The van der Waals surface area contributed by atoms with Crippen LogP contribution < -0.4 is 10.1 Å². The van der Waals surface area contributed by atoms with Gasteiger partial charge in [-0.3, -0.25) is 0 Å². The number of methoxy groups -OCH3 is 1. The third kappa shape index (κ3) is 4.29. The smallest absolute Gasteiger partial charge is 0.138 e. The van der Waals surface area contributed by atoms with Crippen LogP contribution in [0, 0.1) is 0 Å². The predicted octanol–water partition coefficient (Wildman–Crippen LogP) is 4.50. The topological polar surface area (TPSA) is 30.5 Å². The van der Waals surface area contributed by atoms with Crippen LogP contribution in [-0.2, 0) is 4.74 Å². The molecule has 3 nitrogen and oxygen atoms in total. The Balaban J connectivity index is 1.92. The fraction of sp³-hybridized carbons (Fsp3) is 0.625. The Labute approximate surface area is 126 Å². The van der Waals surface area contributed by atoms with E-state index in [0.717, 1.165) is 37.1 Å². The maximum Gasteiger partial charge on any atom is 0.138 e. The van der Waals surface area contributed by atoms with Crippen LogP contribution in [0.15, 0.2) is 18.2 Å². The zero-order chi connectivity index (χ0) is 14.5. The molecule has 1 aliphatic carbocycles. The number of hydrogen-bond donors (Lipinski definition) is 1. The van der Waals surface area contributed by atoms with E-state index in [2.05, 4.69) is 5.32 Å². The molecule has 1 N–H and O–H groups in total. The minimum absolute atomic E-state index is 0.135. The SMILES string of the molecule is COC1CCC(Nc2ccc(OC(C)C)c(Cl)c2)CC1. The number of rotatable bonds is 5. The van der Waals surface area contributed by atoms with Gasteiger partial charge in [0, 0.05) is 18.8 Å². The van der Waals surface area contributed by atoms with Gasteiger partial charge in [0.15, 0.2) is 0 Å². The van der Waals surface area contributed by atoms with Gasteiger partial charge in [-0.05, 0) is 57.7 Å². The number of benzene rings is 1. The summed E-state index contributed by atoms with van der Waals surface area (Å²) in [5, 5.41) is 4.21. The second-order valence-corrected chi connectivity index (χ2v) is 6.07. The zero-order valence-corrected chi connectivity index (χ0v) is 13.2. The minimum atomic E-state index is 0.135. The second-order valence-electron chi connectivity index (χ2n) is 5.67. The van der Waals surface area contributed by atoms with E-state index in [9.17, 15) is 0 Å². The van der Waals surface area contributed by atoms with Crippen molar-refractivity contribution in [3.8, 4) is 5.75 Å². The van der Waals surface area contributed by atoms with Gasteiger partial charge in [0.25, 0.3) is 0 Å². The Morgan fingerprint density at radius 2 is 1.90 bits per heavy atom. The average molecular weight is 298 g/mol. The molecule has 112 valence electrons. The van der Waals surface area contributed by atoms with Crippen LogP contribution in [0.5, 0.6) is 5.75 Å². The molecule has 1 fully saturated rings. The third-order valence-electron chi connectivity index (χ3n) is 3.67. The summed E-state index contributed by atoms with van der Waals surface area (Å²) in [5.74, 6) is 0.746. The Morgan fingerprint density at radius 3 is 2.45 bits per heavy atom. The van der Waals surface area contributed by atoms with E-state index in [0.29, 0.717) is 17.2 Å². The van der Waals surface area contributed by atoms with Crippen molar-refractivity contribution in [2.24, 2.45) is 0 Å². The fourth-order valence-corrected chi connectivity index (χ4v) is 2.84. The van der Waals surface area contributed by atoms with E-state index < -0.39 is 0 Å². The highest BCUT2D eigenvalue weighted by atomic mass is 35.5. The summed E-state index contributed by atoms with van der Waals surface area (Å²) >= 11 is 6.25. The van der Waals surface area contributed by atoms with Crippen LogP contribution in [0.3, 0.4) is 0 Å². The summed E-state index contributed by atoms with van der Waals surface area (Å²) in [5.41, 5.74) is 1.06. The number of nitrogens with one attached hydrogen (secondary N) is 1. The highest BCUT2D eigenvalue weighted by molar-refractivity contribution is 6.32. The molecule has 4 heteroatoms.